The van der Waals surface area contributed by atoms with Crippen molar-refractivity contribution in [3.8, 4) is 0 Å². The van der Waals surface area contributed by atoms with Crippen LogP contribution in [0.1, 0.15) is 2.85 Å². The first-order chi connectivity index (χ1) is 2.00. The molecule has 0 aliphatic rings. The topological polar surface area (TPSA) is 77.8 Å². The molecule has 42 valence electrons. The SMILES string of the molecule is O=P(O)(O)O.[Ba+2].[H-].[H-].[InH3]. The van der Waals surface area contributed by atoms with Crippen LogP contribution in [-0.2, 0) is 4.57 Å². The second-order valence-electron chi connectivity index (χ2n) is 0.513. The van der Waals surface area contributed by atoms with E-state index in [9.17, 15) is 0 Å². The van der Waals surface area contributed by atoms with Crippen molar-refractivity contribution in [3.63, 3.8) is 0 Å². The van der Waals surface area contributed by atoms with Crippen LogP contribution in [0.4, 0.5) is 0 Å². The van der Waals surface area contributed by atoms with Crippen LogP contribution in [0.15, 0.2) is 0 Å². The molecule has 0 saturated carbocycles. The molecule has 0 rings (SSSR count). The van der Waals surface area contributed by atoms with Crippen LogP contribution < -0.4 is 0 Å². The maximum absolute atomic E-state index is 8.88. The fourth-order valence-corrected chi connectivity index (χ4v) is 0. The summed E-state index contributed by atoms with van der Waals surface area (Å²) in [6.07, 6.45) is 0. The molecule has 3 N–H and O–H groups in total. The number of phosphoric acid groups is 1. The second-order valence-corrected chi connectivity index (χ2v) is 1.54. The molecule has 0 fully saturated rings. The molecule has 0 aromatic heterocycles. The molecule has 0 aliphatic heterocycles. The van der Waals surface area contributed by atoms with Crippen molar-refractivity contribution in [1.82, 2.24) is 0 Å². The van der Waals surface area contributed by atoms with E-state index in [0.717, 1.165) is 0 Å². The fourth-order valence-electron chi connectivity index (χ4n) is 0. The van der Waals surface area contributed by atoms with E-state index in [1.165, 1.54) is 0 Å². The first-order valence-corrected chi connectivity index (χ1v) is 2.35. The molecule has 0 atom stereocenters. The molecule has 0 spiro atoms. The average molecular weight is 355 g/mol. The Morgan fingerprint density at radius 1 is 1.29 bits per heavy atom. The molecule has 0 radical (unpaired) electrons. The first-order valence-electron chi connectivity index (χ1n) is 0.783. The van der Waals surface area contributed by atoms with Gasteiger partial charge in [0.1, 0.15) is 0 Å². The Labute approximate surface area is 103 Å². The van der Waals surface area contributed by atoms with Crippen molar-refractivity contribution < 1.29 is 22.1 Å². The summed E-state index contributed by atoms with van der Waals surface area (Å²) in [7, 11) is -4.64. The third kappa shape index (κ3) is 56.4. The zero-order chi connectivity index (χ0) is 4.50. The molecular weight excluding hydrogens is 347 g/mol. The Kier molecular flexibility index (Phi) is 15.5. The van der Waals surface area contributed by atoms with Gasteiger partial charge >= 0.3 is 82.5 Å². The monoisotopic (exact) mass is 356 g/mol. The van der Waals surface area contributed by atoms with Gasteiger partial charge in [-0.2, -0.15) is 0 Å². The minimum atomic E-state index is -4.64. The number of hydrogen-bond acceptors (Lipinski definition) is 1. The molecule has 7 heteroatoms. The normalized spacial score (nSPS) is 8.43. The summed E-state index contributed by atoms with van der Waals surface area (Å²) in [6, 6.07) is 0. The molecule has 0 bridgehead atoms. The molecule has 0 aromatic rings. The molecule has 0 unspecified atom stereocenters. The van der Waals surface area contributed by atoms with Gasteiger partial charge in [-0.15, -0.1) is 0 Å². The molecule has 0 aromatic carbocycles. The summed E-state index contributed by atoms with van der Waals surface area (Å²) < 4.78 is 8.88. The fraction of sp³-hybridized carbons (Fsp3) is 0. The minimum absolute atomic E-state index is 0. The molecule has 0 aliphatic carbocycles. The summed E-state index contributed by atoms with van der Waals surface area (Å²) in [5.41, 5.74) is 0. The first kappa shape index (κ1) is 16.3. The van der Waals surface area contributed by atoms with Crippen LogP contribution in [0, 0.1) is 0 Å². The third-order valence-corrected chi connectivity index (χ3v) is 0. The average Bonchev–Trinajstić information content (AvgIpc) is 0.722. The van der Waals surface area contributed by atoms with Crippen molar-refractivity contribution in [3.05, 3.63) is 0 Å². The summed E-state index contributed by atoms with van der Waals surface area (Å²) >= 11 is 0. The molecule has 7 heavy (non-hydrogen) atoms. The third-order valence-electron chi connectivity index (χ3n) is 0. The molecule has 0 amide bonds. The summed E-state index contributed by atoms with van der Waals surface area (Å²) in [5, 5.41) is 0. The van der Waals surface area contributed by atoms with Crippen LogP contribution >= 0.6 is 7.82 Å². The summed E-state index contributed by atoms with van der Waals surface area (Å²) in [5.74, 6) is 0. The Balaban J connectivity index is -0.0000000133. The van der Waals surface area contributed by atoms with Gasteiger partial charge < -0.3 is 17.5 Å². The zero-order valence-electron chi connectivity index (χ0n) is 4.90. The molecule has 0 heterocycles. The van der Waals surface area contributed by atoms with E-state index in [2.05, 4.69) is 0 Å². The zero-order valence-corrected chi connectivity index (χ0v) is 8.24. The van der Waals surface area contributed by atoms with Crippen molar-refractivity contribution in [2.45, 2.75) is 0 Å². The standard InChI is InChI=1S/Ba.In.H3O4P.5H/c;;1-5(2,3)4;;;;;/h;;(H3,1,2,3,4);;;;;/q+2;;;;;;2*-1. The van der Waals surface area contributed by atoms with Gasteiger partial charge in [-0.25, -0.2) is 4.57 Å². The van der Waals surface area contributed by atoms with E-state index in [4.69, 9.17) is 19.2 Å². The van der Waals surface area contributed by atoms with Gasteiger partial charge in [0, 0.05) is 0 Å². The molecular formula is H8BaInO4P. The van der Waals surface area contributed by atoms with E-state index in [1.54, 1.807) is 0 Å². The van der Waals surface area contributed by atoms with Crippen LogP contribution in [0.3, 0.4) is 0 Å². The summed E-state index contributed by atoms with van der Waals surface area (Å²) in [4.78, 5) is 21.6. The predicted molar refractivity (Wildman–Crippen MR) is 32.2 cm³/mol. The van der Waals surface area contributed by atoms with Crippen LogP contribution in [0.5, 0.6) is 0 Å². The second kappa shape index (κ2) is 6.67. The number of rotatable bonds is 0. The van der Waals surface area contributed by atoms with Gasteiger partial charge in [0.2, 0.25) is 0 Å². The molecule has 0 saturated heterocycles. The van der Waals surface area contributed by atoms with Gasteiger partial charge in [0.25, 0.3) is 0 Å². The van der Waals surface area contributed by atoms with Gasteiger partial charge in [-0.1, -0.05) is 0 Å². The quantitative estimate of drug-likeness (QED) is 0.338. The van der Waals surface area contributed by atoms with Crippen molar-refractivity contribution >= 4 is 82.5 Å². The Morgan fingerprint density at radius 3 is 1.29 bits per heavy atom. The Morgan fingerprint density at radius 2 is 1.29 bits per heavy atom. The van der Waals surface area contributed by atoms with E-state index in [1.807, 2.05) is 0 Å². The van der Waals surface area contributed by atoms with Gasteiger partial charge in [-0.3, -0.25) is 0 Å². The predicted octanol–water partition coefficient (Wildman–Crippen LogP) is -2.27. The molecule has 4 nitrogen and oxygen atoms in total. The van der Waals surface area contributed by atoms with Crippen LogP contribution in [-0.4, -0.2) is 89.4 Å². The Bertz CT molecular complexity index is 64.7. The van der Waals surface area contributed by atoms with Crippen LogP contribution in [0.25, 0.3) is 0 Å². The van der Waals surface area contributed by atoms with Gasteiger partial charge in [0.05, 0.1) is 0 Å². The van der Waals surface area contributed by atoms with E-state index < -0.39 is 7.82 Å². The van der Waals surface area contributed by atoms with Crippen molar-refractivity contribution in [2.75, 3.05) is 0 Å². The number of hydrogen-bond donors (Lipinski definition) is 3. The van der Waals surface area contributed by atoms with Crippen LogP contribution in [0.2, 0.25) is 0 Å². The van der Waals surface area contributed by atoms with Gasteiger partial charge in [0.15, 0.2) is 0 Å². The Hall–Kier alpha value is 2.55. The van der Waals surface area contributed by atoms with E-state index in [-0.39, 0.29) is 77.6 Å². The van der Waals surface area contributed by atoms with E-state index >= 15 is 0 Å². The van der Waals surface area contributed by atoms with Crippen molar-refractivity contribution in [1.29, 1.82) is 0 Å². The van der Waals surface area contributed by atoms with Gasteiger partial charge in [-0.05, 0) is 0 Å². The van der Waals surface area contributed by atoms with E-state index in [0.29, 0.717) is 0 Å². The summed E-state index contributed by atoms with van der Waals surface area (Å²) in [6.45, 7) is 0. The van der Waals surface area contributed by atoms with Crippen molar-refractivity contribution in [2.24, 2.45) is 0 Å². The maximum atomic E-state index is 8.88.